The molecular formula is C15H10Cl2N2O. The highest BCUT2D eigenvalue weighted by Gasteiger charge is 2.10. The van der Waals surface area contributed by atoms with Gasteiger partial charge in [-0.3, -0.25) is 9.36 Å². The highest BCUT2D eigenvalue weighted by atomic mass is 35.5. The topological polar surface area (TPSA) is 48.0 Å². The van der Waals surface area contributed by atoms with E-state index in [0.29, 0.717) is 26.9 Å². The van der Waals surface area contributed by atoms with Gasteiger partial charge in [-0.15, -0.1) is 0 Å². The maximum absolute atomic E-state index is 12.6. The highest BCUT2D eigenvalue weighted by Crippen LogP contribution is 2.25. The van der Waals surface area contributed by atoms with Crippen LogP contribution in [0.2, 0.25) is 10.0 Å². The van der Waals surface area contributed by atoms with Crippen LogP contribution in [0.15, 0.2) is 53.3 Å². The van der Waals surface area contributed by atoms with Gasteiger partial charge in [-0.2, -0.15) is 0 Å². The number of fused-ring (bicyclic) bond motifs is 1. The van der Waals surface area contributed by atoms with Gasteiger partial charge in [0.05, 0.1) is 15.7 Å². The summed E-state index contributed by atoms with van der Waals surface area (Å²) in [6, 6.07) is 14.0. The van der Waals surface area contributed by atoms with Gasteiger partial charge < -0.3 is 5.73 Å². The van der Waals surface area contributed by atoms with Crippen LogP contribution < -0.4 is 11.3 Å². The summed E-state index contributed by atoms with van der Waals surface area (Å²) in [4.78, 5) is 12.6. The summed E-state index contributed by atoms with van der Waals surface area (Å²) in [6.07, 6.45) is 0. The summed E-state index contributed by atoms with van der Waals surface area (Å²) >= 11 is 11.9. The second-order valence-corrected chi connectivity index (χ2v) is 5.21. The standard InChI is InChI=1S/C15H10Cl2N2O/c16-12-6-5-10(8-13(12)17)19-14(18)7-9-3-1-2-4-11(9)15(19)20/h1-8H,18H2. The Hall–Kier alpha value is -1.97. The minimum atomic E-state index is -0.181. The van der Waals surface area contributed by atoms with Crippen molar-refractivity contribution >= 4 is 39.8 Å². The third-order valence-corrected chi connectivity index (χ3v) is 3.86. The molecule has 0 bridgehead atoms. The first-order chi connectivity index (χ1) is 9.58. The number of nitrogens with two attached hydrogens (primary N) is 1. The van der Waals surface area contributed by atoms with Crippen LogP contribution in [0.1, 0.15) is 0 Å². The number of nitrogen functional groups attached to an aromatic ring is 1. The quantitative estimate of drug-likeness (QED) is 0.741. The van der Waals surface area contributed by atoms with E-state index in [9.17, 15) is 4.79 Å². The molecule has 0 amide bonds. The smallest absolute Gasteiger partial charge is 0.264 e. The second-order valence-electron chi connectivity index (χ2n) is 4.40. The number of anilines is 1. The van der Waals surface area contributed by atoms with Crippen LogP contribution in [0, 0.1) is 0 Å². The molecule has 100 valence electrons. The van der Waals surface area contributed by atoms with Gasteiger partial charge in [0.15, 0.2) is 0 Å². The number of halogens is 2. The fourth-order valence-corrected chi connectivity index (χ4v) is 2.46. The minimum Gasteiger partial charge on any atom is -0.385 e. The maximum atomic E-state index is 12.6. The lowest BCUT2D eigenvalue weighted by atomic mass is 10.1. The van der Waals surface area contributed by atoms with Crippen LogP contribution in [0.5, 0.6) is 0 Å². The van der Waals surface area contributed by atoms with Crippen molar-refractivity contribution in [2.24, 2.45) is 0 Å². The molecule has 0 spiro atoms. The van der Waals surface area contributed by atoms with E-state index in [0.717, 1.165) is 5.39 Å². The van der Waals surface area contributed by atoms with Crippen LogP contribution >= 0.6 is 23.2 Å². The van der Waals surface area contributed by atoms with E-state index in [1.807, 2.05) is 18.2 Å². The molecule has 0 atom stereocenters. The molecule has 3 nitrogen and oxygen atoms in total. The molecular weight excluding hydrogens is 295 g/mol. The van der Waals surface area contributed by atoms with Crippen molar-refractivity contribution in [3.05, 3.63) is 68.9 Å². The zero-order chi connectivity index (χ0) is 14.3. The number of hydrogen-bond acceptors (Lipinski definition) is 2. The van der Waals surface area contributed by atoms with E-state index in [2.05, 4.69) is 0 Å². The average molecular weight is 305 g/mol. The van der Waals surface area contributed by atoms with Crippen LogP contribution in [-0.4, -0.2) is 4.57 Å². The number of aromatic nitrogens is 1. The molecule has 0 saturated carbocycles. The van der Waals surface area contributed by atoms with Crippen molar-refractivity contribution in [3.8, 4) is 5.69 Å². The summed E-state index contributed by atoms with van der Waals surface area (Å²) in [6.45, 7) is 0. The molecule has 0 saturated heterocycles. The van der Waals surface area contributed by atoms with Crippen molar-refractivity contribution in [2.75, 3.05) is 5.73 Å². The van der Waals surface area contributed by atoms with Gasteiger partial charge in [0.25, 0.3) is 5.56 Å². The molecule has 0 aliphatic heterocycles. The third-order valence-electron chi connectivity index (χ3n) is 3.12. The summed E-state index contributed by atoms with van der Waals surface area (Å²) in [5.74, 6) is 0.354. The molecule has 0 unspecified atom stereocenters. The lowest BCUT2D eigenvalue weighted by molar-refractivity contribution is 1.02. The largest absolute Gasteiger partial charge is 0.385 e. The summed E-state index contributed by atoms with van der Waals surface area (Å²) in [7, 11) is 0. The Labute approximate surface area is 125 Å². The van der Waals surface area contributed by atoms with E-state index in [1.54, 1.807) is 30.3 Å². The zero-order valence-electron chi connectivity index (χ0n) is 10.3. The first-order valence-electron chi connectivity index (χ1n) is 5.93. The Kier molecular flexibility index (Phi) is 3.16. The van der Waals surface area contributed by atoms with Crippen molar-refractivity contribution in [2.45, 2.75) is 0 Å². The number of benzene rings is 2. The average Bonchev–Trinajstić information content (AvgIpc) is 2.43. The predicted molar refractivity (Wildman–Crippen MR) is 84.0 cm³/mol. The van der Waals surface area contributed by atoms with Crippen molar-refractivity contribution in [3.63, 3.8) is 0 Å². The molecule has 2 aromatic carbocycles. The number of nitrogens with zero attached hydrogens (tertiary/aromatic N) is 1. The maximum Gasteiger partial charge on any atom is 0.264 e. The fraction of sp³-hybridized carbons (Fsp3) is 0. The number of hydrogen-bond donors (Lipinski definition) is 1. The van der Waals surface area contributed by atoms with Gasteiger partial charge in [-0.05, 0) is 35.7 Å². The predicted octanol–water partition coefficient (Wildman–Crippen LogP) is 3.88. The molecule has 1 aromatic heterocycles. The Morgan fingerprint density at radius 1 is 0.950 bits per heavy atom. The van der Waals surface area contributed by atoms with Gasteiger partial charge in [0.1, 0.15) is 5.82 Å². The van der Waals surface area contributed by atoms with Gasteiger partial charge in [0, 0.05) is 5.39 Å². The minimum absolute atomic E-state index is 0.181. The lowest BCUT2D eigenvalue weighted by Crippen LogP contribution is -2.21. The second kappa shape index (κ2) is 4.85. The van der Waals surface area contributed by atoms with Crippen LogP contribution in [0.3, 0.4) is 0 Å². The SMILES string of the molecule is Nc1cc2ccccc2c(=O)n1-c1ccc(Cl)c(Cl)c1. The van der Waals surface area contributed by atoms with E-state index in [4.69, 9.17) is 28.9 Å². The van der Waals surface area contributed by atoms with Crippen molar-refractivity contribution in [1.82, 2.24) is 4.57 Å². The van der Waals surface area contributed by atoms with Crippen LogP contribution in [0.4, 0.5) is 5.82 Å². The van der Waals surface area contributed by atoms with Crippen molar-refractivity contribution < 1.29 is 0 Å². The van der Waals surface area contributed by atoms with Gasteiger partial charge in [0.2, 0.25) is 0 Å². The summed E-state index contributed by atoms with van der Waals surface area (Å²) in [5, 5.41) is 2.23. The Morgan fingerprint density at radius 2 is 1.70 bits per heavy atom. The Bertz CT molecular complexity index is 871. The summed E-state index contributed by atoms with van der Waals surface area (Å²) in [5.41, 5.74) is 6.40. The van der Waals surface area contributed by atoms with E-state index < -0.39 is 0 Å². The summed E-state index contributed by atoms with van der Waals surface area (Å²) < 4.78 is 1.42. The molecule has 3 rings (SSSR count). The lowest BCUT2D eigenvalue weighted by Gasteiger charge is -2.12. The fourth-order valence-electron chi connectivity index (χ4n) is 2.17. The van der Waals surface area contributed by atoms with Crippen LogP contribution in [0.25, 0.3) is 16.5 Å². The molecule has 0 radical (unpaired) electrons. The molecule has 3 aromatic rings. The Morgan fingerprint density at radius 3 is 2.45 bits per heavy atom. The first kappa shape index (κ1) is 13.0. The molecule has 1 heterocycles. The molecule has 5 heteroatoms. The molecule has 0 fully saturated rings. The normalized spacial score (nSPS) is 10.9. The van der Waals surface area contributed by atoms with Gasteiger partial charge >= 0.3 is 0 Å². The third kappa shape index (κ3) is 2.05. The van der Waals surface area contributed by atoms with Gasteiger partial charge in [-0.1, -0.05) is 41.4 Å². The first-order valence-corrected chi connectivity index (χ1v) is 6.69. The van der Waals surface area contributed by atoms with Crippen LogP contribution in [-0.2, 0) is 0 Å². The zero-order valence-corrected chi connectivity index (χ0v) is 11.8. The molecule has 0 aliphatic carbocycles. The van der Waals surface area contributed by atoms with E-state index in [1.165, 1.54) is 4.57 Å². The van der Waals surface area contributed by atoms with E-state index >= 15 is 0 Å². The van der Waals surface area contributed by atoms with Gasteiger partial charge in [-0.25, -0.2) is 0 Å². The van der Waals surface area contributed by atoms with E-state index in [-0.39, 0.29) is 5.56 Å². The molecule has 0 aliphatic rings. The molecule has 2 N–H and O–H groups in total. The highest BCUT2D eigenvalue weighted by molar-refractivity contribution is 6.42. The number of pyridine rings is 1. The van der Waals surface area contributed by atoms with Crippen molar-refractivity contribution in [1.29, 1.82) is 0 Å². The monoisotopic (exact) mass is 304 g/mol. The Balaban J connectivity index is 2.36. The number of rotatable bonds is 1. The molecule has 20 heavy (non-hydrogen) atoms.